The Balaban J connectivity index is 1.88. The number of anilines is 2. The molecule has 0 radical (unpaired) electrons. The fourth-order valence-electron chi connectivity index (χ4n) is 3.67. The number of piperazine rings is 1. The van der Waals surface area contributed by atoms with Crippen molar-refractivity contribution in [1.82, 2.24) is 15.3 Å². The molecule has 1 fully saturated rings. The average Bonchev–Trinajstić information content (AvgIpc) is 2.58. The summed E-state index contributed by atoms with van der Waals surface area (Å²) in [5.41, 5.74) is 11.0. The minimum atomic E-state index is 0.382. The van der Waals surface area contributed by atoms with Gasteiger partial charge < -0.3 is 16.0 Å². The van der Waals surface area contributed by atoms with Gasteiger partial charge in [-0.05, 0) is 31.2 Å². The van der Waals surface area contributed by atoms with Crippen molar-refractivity contribution < 1.29 is 0 Å². The maximum atomic E-state index is 6.07. The summed E-state index contributed by atoms with van der Waals surface area (Å²) >= 11 is 0. The number of hydrogen-bond donors (Lipinski definition) is 2. The number of nitrogen functional groups attached to an aromatic ring is 1. The van der Waals surface area contributed by atoms with Crippen LogP contribution < -0.4 is 16.0 Å². The molecule has 2 aliphatic rings. The first-order chi connectivity index (χ1) is 11.3. The van der Waals surface area contributed by atoms with Crippen molar-refractivity contribution in [3.8, 4) is 11.3 Å². The van der Waals surface area contributed by atoms with Crippen LogP contribution in [0.4, 0.5) is 11.8 Å². The summed E-state index contributed by atoms with van der Waals surface area (Å²) in [7, 11) is 0. The number of aromatic nitrogens is 2. The summed E-state index contributed by atoms with van der Waals surface area (Å²) in [6.07, 6.45) is 4.53. The molecule has 1 aliphatic carbocycles. The molecule has 0 spiro atoms. The Labute approximate surface area is 136 Å². The third-order valence-electron chi connectivity index (χ3n) is 4.81. The number of aryl methyl sites for hydroxylation is 1. The molecule has 23 heavy (non-hydrogen) atoms. The van der Waals surface area contributed by atoms with Gasteiger partial charge in [0.25, 0.3) is 0 Å². The van der Waals surface area contributed by atoms with E-state index in [0.717, 1.165) is 50.5 Å². The van der Waals surface area contributed by atoms with E-state index in [4.69, 9.17) is 5.73 Å². The Morgan fingerprint density at radius 3 is 2.65 bits per heavy atom. The van der Waals surface area contributed by atoms with Gasteiger partial charge in [-0.25, -0.2) is 4.98 Å². The van der Waals surface area contributed by atoms with Crippen LogP contribution in [-0.4, -0.2) is 36.1 Å². The molecule has 120 valence electrons. The lowest BCUT2D eigenvalue weighted by atomic mass is 9.91. The van der Waals surface area contributed by atoms with Crippen molar-refractivity contribution in [2.75, 3.05) is 36.8 Å². The minimum Gasteiger partial charge on any atom is -0.368 e. The molecule has 0 unspecified atom stereocenters. The highest BCUT2D eigenvalue weighted by Crippen LogP contribution is 2.35. The van der Waals surface area contributed by atoms with Gasteiger partial charge in [0.05, 0.1) is 5.69 Å². The van der Waals surface area contributed by atoms with Crippen LogP contribution in [0.25, 0.3) is 11.3 Å². The molecule has 0 saturated carbocycles. The Morgan fingerprint density at radius 1 is 1.00 bits per heavy atom. The van der Waals surface area contributed by atoms with Crippen LogP contribution in [0.15, 0.2) is 24.3 Å². The normalized spacial score (nSPS) is 17.8. The molecule has 5 nitrogen and oxygen atoms in total. The van der Waals surface area contributed by atoms with Crippen LogP contribution in [-0.2, 0) is 12.8 Å². The number of benzene rings is 1. The zero-order chi connectivity index (χ0) is 15.6. The average molecular weight is 309 g/mol. The van der Waals surface area contributed by atoms with Crippen LogP contribution in [0.5, 0.6) is 0 Å². The van der Waals surface area contributed by atoms with Crippen LogP contribution in [0.3, 0.4) is 0 Å². The molecule has 1 aromatic heterocycles. The number of nitrogens with zero attached hydrogens (tertiary/aromatic N) is 3. The standard InChI is InChI=1S/C18H23N5/c19-18-21-16-14-7-3-1-5-13(14)6-2-4-8-15(16)17(22-18)23-11-9-20-10-12-23/h1,3,5,7,20H,2,4,6,8-12H2,(H2,19,21,22). The molecule has 1 saturated heterocycles. The monoisotopic (exact) mass is 309 g/mol. The van der Waals surface area contributed by atoms with E-state index in [-0.39, 0.29) is 0 Å². The van der Waals surface area contributed by atoms with Gasteiger partial charge in [-0.2, -0.15) is 4.98 Å². The highest BCUT2D eigenvalue weighted by atomic mass is 15.2. The van der Waals surface area contributed by atoms with Crippen molar-refractivity contribution in [1.29, 1.82) is 0 Å². The molecule has 4 rings (SSSR count). The highest BCUT2D eigenvalue weighted by Gasteiger charge is 2.23. The van der Waals surface area contributed by atoms with E-state index >= 15 is 0 Å². The van der Waals surface area contributed by atoms with Gasteiger partial charge in [0.15, 0.2) is 0 Å². The SMILES string of the molecule is Nc1nc2c(c(N3CCNCC3)n1)CCCCc1ccccc1-2. The second-order valence-electron chi connectivity index (χ2n) is 6.33. The molecule has 0 amide bonds. The lowest BCUT2D eigenvalue weighted by Gasteiger charge is -2.31. The summed E-state index contributed by atoms with van der Waals surface area (Å²) in [5, 5.41) is 3.40. The Morgan fingerprint density at radius 2 is 1.78 bits per heavy atom. The molecular formula is C18H23N5. The van der Waals surface area contributed by atoms with Crippen molar-refractivity contribution in [2.45, 2.75) is 25.7 Å². The maximum absolute atomic E-state index is 6.07. The zero-order valence-corrected chi connectivity index (χ0v) is 13.4. The number of rotatable bonds is 1. The number of nitrogens with one attached hydrogen (secondary N) is 1. The molecule has 2 heterocycles. The van der Waals surface area contributed by atoms with E-state index in [0.29, 0.717) is 5.95 Å². The van der Waals surface area contributed by atoms with Crippen molar-refractivity contribution >= 4 is 11.8 Å². The Bertz CT molecular complexity index is 707. The first-order valence-electron chi connectivity index (χ1n) is 8.53. The van der Waals surface area contributed by atoms with Crippen LogP contribution >= 0.6 is 0 Å². The largest absolute Gasteiger partial charge is 0.368 e. The molecule has 1 aromatic carbocycles. The third kappa shape index (κ3) is 2.77. The fourth-order valence-corrected chi connectivity index (χ4v) is 3.67. The van der Waals surface area contributed by atoms with E-state index < -0.39 is 0 Å². The molecule has 3 N–H and O–H groups in total. The van der Waals surface area contributed by atoms with Gasteiger partial charge in [0.1, 0.15) is 5.82 Å². The van der Waals surface area contributed by atoms with Crippen molar-refractivity contribution in [3.63, 3.8) is 0 Å². The van der Waals surface area contributed by atoms with Crippen LogP contribution in [0.2, 0.25) is 0 Å². The minimum absolute atomic E-state index is 0.382. The van der Waals surface area contributed by atoms with Gasteiger partial charge in [0, 0.05) is 37.3 Å². The topological polar surface area (TPSA) is 67.1 Å². The second kappa shape index (κ2) is 6.16. The number of nitrogens with two attached hydrogens (primary N) is 1. The first kappa shape index (κ1) is 14.5. The number of hydrogen-bond acceptors (Lipinski definition) is 5. The Kier molecular flexibility index (Phi) is 3.87. The highest BCUT2D eigenvalue weighted by molar-refractivity contribution is 5.73. The van der Waals surface area contributed by atoms with Crippen LogP contribution in [0.1, 0.15) is 24.0 Å². The summed E-state index contributed by atoms with van der Waals surface area (Å²) in [6.45, 7) is 3.94. The predicted molar refractivity (Wildman–Crippen MR) is 93.6 cm³/mol. The van der Waals surface area contributed by atoms with E-state index in [1.807, 2.05) is 0 Å². The van der Waals surface area contributed by atoms with Gasteiger partial charge in [-0.3, -0.25) is 0 Å². The molecule has 0 atom stereocenters. The lowest BCUT2D eigenvalue weighted by molar-refractivity contribution is 0.581. The van der Waals surface area contributed by atoms with Crippen molar-refractivity contribution in [2.24, 2.45) is 0 Å². The van der Waals surface area contributed by atoms with Crippen LogP contribution in [0, 0.1) is 0 Å². The molecule has 2 aromatic rings. The lowest BCUT2D eigenvalue weighted by Crippen LogP contribution is -2.44. The first-order valence-corrected chi connectivity index (χ1v) is 8.53. The quantitative estimate of drug-likeness (QED) is 0.843. The Hall–Kier alpha value is -2.14. The van der Waals surface area contributed by atoms with E-state index in [9.17, 15) is 0 Å². The van der Waals surface area contributed by atoms with Gasteiger partial charge in [-0.15, -0.1) is 0 Å². The summed E-state index contributed by atoms with van der Waals surface area (Å²) < 4.78 is 0. The summed E-state index contributed by atoms with van der Waals surface area (Å²) in [5.74, 6) is 1.43. The van der Waals surface area contributed by atoms with E-state index in [1.165, 1.54) is 29.5 Å². The van der Waals surface area contributed by atoms with Gasteiger partial charge >= 0.3 is 0 Å². The number of fused-ring (bicyclic) bond motifs is 3. The summed E-state index contributed by atoms with van der Waals surface area (Å²) in [4.78, 5) is 11.6. The fraction of sp³-hybridized carbons (Fsp3) is 0.444. The van der Waals surface area contributed by atoms with Crippen molar-refractivity contribution in [3.05, 3.63) is 35.4 Å². The summed E-state index contributed by atoms with van der Waals surface area (Å²) in [6, 6.07) is 8.59. The maximum Gasteiger partial charge on any atom is 0.222 e. The smallest absolute Gasteiger partial charge is 0.222 e. The molecule has 1 aliphatic heterocycles. The third-order valence-corrected chi connectivity index (χ3v) is 4.81. The predicted octanol–water partition coefficient (Wildman–Crippen LogP) is 2.01. The molecule has 5 heteroatoms. The van der Waals surface area contributed by atoms with Gasteiger partial charge in [-0.1, -0.05) is 24.3 Å². The van der Waals surface area contributed by atoms with E-state index in [2.05, 4.69) is 44.5 Å². The van der Waals surface area contributed by atoms with E-state index in [1.54, 1.807) is 0 Å². The van der Waals surface area contributed by atoms with Gasteiger partial charge in [0.2, 0.25) is 5.95 Å². The molecular weight excluding hydrogens is 286 g/mol. The zero-order valence-electron chi connectivity index (χ0n) is 13.4. The molecule has 0 bridgehead atoms. The second-order valence-corrected chi connectivity index (χ2v) is 6.33.